The second-order valence-electron chi connectivity index (χ2n) is 5.04. The average molecular weight is 273 g/mol. The summed E-state index contributed by atoms with van der Waals surface area (Å²) in [6.45, 7) is 5.72. The highest BCUT2D eigenvalue weighted by molar-refractivity contribution is 5.27. The van der Waals surface area contributed by atoms with Gasteiger partial charge in [0.2, 0.25) is 0 Å². The quantitative estimate of drug-likeness (QED) is 0.843. The van der Waals surface area contributed by atoms with Crippen LogP contribution in [0.4, 0.5) is 0 Å². The van der Waals surface area contributed by atoms with Gasteiger partial charge in [-0.3, -0.25) is 4.68 Å². The van der Waals surface area contributed by atoms with Crippen molar-refractivity contribution < 1.29 is 4.74 Å². The Morgan fingerprint density at radius 3 is 2.95 bits per heavy atom. The summed E-state index contributed by atoms with van der Waals surface area (Å²) in [6, 6.07) is 10.0. The minimum Gasteiger partial charge on any atom is -0.494 e. The summed E-state index contributed by atoms with van der Waals surface area (Å²) in [7, 11) is 0. The normalized spacial score (nSPS) is 12.3. The predicted octanol–water partition coefficient (Wildman–Crippen LogP) is 3.07. The summed E-state index contributed by atoms with van der Waals surface area (Å²) in [5, 5.41) is 4.30. The second kappa shape index (κ2) is 7.10. The predicted molar refractivity (Wildman–Crippen MR) is 80.7 cm³/mol. The van der Waals surface area contributed by atoms with Gasteiger partial charge >= 0.3 is 0 Å². The Bertz CT molecular complexity index is 536. The molecule has 0 bridgehead atoms. The smallest absolute Gasteiger partial charge is 0.119 e. The maximum absolute atomic E-state index is 6.22. The van der Waals surface area contributed by atoms with Crippen LogP contribution in [0, 0.1) is 6.92 Å². The standard InChI is InChI=1S/C16H23N3O/c1-3-10-19-16(7-9-18-19)15(17)8-11-20-14-6-4-5-13(2)12-14/h4-7,9,12,15H,3,8,10-11,17H2,1-2H3. The summed E-state index contributed by atoms with van der Waals surface area (Å²) in [4.78, 5) is 0. The molecule has 1 aromatic heterocycles. The van der Waals surface area contributed by atoms with Crippen LogP contribution >= 0.6 is 0 Å². The highest BCUT2D eigenvalue weighted by atomic mass is 16.5. The number of rotatable bonds is 7. The van der Waals surface area contributed by atoms with E-state index in [9.17, 15) is 0 Å². The Hall–Kier alpha value is -1.81. The molecule has 1 heterocycles. The number of aryl methyl sites for hydroxylation is 2. The minimum atomic E-state index is -0.0335. The zero-order chi connectivity index (χ0) is 14.4. The van der Waals surface area contributed by atoms with Crippen LogP contribution in [0.3, 0.4) is 0 Å². The zero-order valence-corrected chi connectivity index (χ0v) is 12.2. The largest absolute Gasteiger partial charge is 0.494 e. The Kier molecular flexibility index (Phi) is 5.18. The molecule has 1 aromatic carbocycles. The Morgan fingerprint density at radius 1 is 1.35 bits per heavy atom. The Balaban J connectivity index is 1.85. The van der Waals surface area contributed by atoms with E-state index in [1.165, 1.54) is 5.56 Å². The lowest BCUT2D eigenvalue weighted by Crippen LogP contribution is -2.19. The molecule has 0 spiro atoms. The summed E-state index contributed by atoms with van der Waals surface area (Å²) >= 11 is 0. The van der Waals surface area contributed by atoms with Gasteiger partial charge in [-0.1, -0.05) is 19.1 Å². The van der Waals surface area contributed by atoms with E-state index in [0.717, 1.165) is 30.8 Å². The molecule has 1 atom stereocenters. The summed E-state index contributed by atoms with van der Waals surface area (Å²) < 4.78 is 7.73. The van der Waals surface area contributed by atoms with Crippen molar-refractivity contribution >= 4 is 0 Å². The van der Waals surface area contributed by atoms with Crippen molar-refractivity contribution in [2.45, 2.75) is 39.3 Å². The SMILES string of the molecule is CCCn1nccc1C(N)CCOc1cccc(C)c1. The van der Waals surface area contributed by atoms with Gasteiger partial charge in [-0.05, 0) is 37.1 Å². The number of hydrogen-bond acceptors (Lipinski definition) is 3. The molecule has 4 heteroatoms. The Morgan fingerprint density at radius 2 is 2.20 bits per heavy atom. The van der Waals surface area contributed by atoms with E-state index < -0.39 is 0 Å². The summed E-state index contributed by atoms with van der Waals surface area (Å²) in [5.74, 6) is 0.902. The molecule has 4 nitrogen and oxygen atoms in total. The van der Waals surface area contributed by atoms with Gasteiger partial charge in [0.1, 0.15) is 5.75 Å². The van der Waals surface area contributed by atoms with Crippen molar-refractivity contribution in [3.63, 3.8) is 0 Å². The van der Waals surface area contributed by atoms with Crippen molar-refractivity contribution in [2.75, 3.05) is 6.61 Å². The average Bonchev–Trinajstić information content (AvgIpc) is 2.87. The maximum atomic E-state index is 6.22. The van der Waals surface area contributed by atoms with Gasteiger partial charge in [0.15, 0.2) is 0 Å². The molecule has 1 unspecified atom stereocenters. The molecule has 0 saturated carbocycles. The lowest BCUT2D eigenvalue weighted by atomic mass is 10.1. The lowest BCUT2D eigenvalue weighted by molar-refractivity contribution is 0.295. The van der Waals surface area contributed by atoms with E-state index in [-0.39, 0.29) is 6.04 Å². The van der Waals surface area contributed by atoms with Crippen molar-refractivity contribution in [3.05, 3.63) is 47.8 Å². The fraction of sp³-hybridized carbons (Fsp3) is 0.438. The lowest BCUT2D eigenvalue weighted by Gasteiger charge is -2.14. The van der Waals surface area contributed by atoms with Crippen LogP contribution in [0.5, 0.6) is 5.75 Å². The van der Waals surface area contributed by atoms with Crippen LogP contribution < -0.4 is 10.5 Å². The van der Waals surface area contributed by atoms with E-state index in [0.29, 0.717) is 6.61 Å². The van der Waals surface area contributed by atoms with Gasteiger partial charge in [-0.2, -0.15) is 5.10 Å². The highest BCUT2D eigenvalue weighted by Gasteiger charge is 2.11. The zero-order valence-electron chi connectivity index (χ0n) is 12.2. The third-order valence-electron chi connectivity index (χ3n) is 3.25. The van der Waals surface area contributed by atoms with Gasteiger partial charge in [0.05, 0.1) is 12.3 Å². The monoisotopic (exact) mass is 273 g/mol. The summed E-state index contributed by atoms with van der Waals surface area (Å²) in [6.07, 6.45) is 3.65. The first-order valence-corrected chi connectivity index (χ1v) is 7.17. The molecule has 0 aliphatic heterocycles. The van der Waals surface area contributed by atoms with Crippen LogP contribution in [0.1, 0.15) is 37.1 Å². The molecule has 2 N–H and O–H groups in total. The van der Waals surface area contributed by atoms with Gasteiger partial charge < -0.3 is 10.5 Å². The molecular weight excluding hydrogens is 250 g/mol. The molecule has 0 amide bonds. The van der Waals surface area contributed by atoms with Gasteiger partial charge in [-0.25, -0.2) is 0 Å². The molecule has 20 heavy (non-hydrogen) atoms. The number of benzene rings is 1. The first-order chi connectivity index (χ1) is 9.70. The van der Waals surface area contributed by atoms with Crippen LogP contribution in [0.25, 0.3) is 0 Å². The third-order valence-corrected chi connectivity index (χ3v) is 3.25. The number of ether oxygens (including phenoxy) is 1. The first kappa shape index (κ1) is 14.6. The fourth-order valence-electron chi connectivity index (χ4n) is 2.21. The van der Waals surface area contributed by atoms with E-state index in [1.54, 1.807) is 0 Å². The van der Waals surface area contributed by atoms with Crippen LogP contribution in [-0.4, -0.2) is 16.4 Å². The number of nitrogens with two attached hydrogens (primary N) is 1. The Labute approximate surface area is 120 Å². The molecule has 0 aliphatic rings. The molecule has 0 radical (unpaired) electrons. The number of aromatic nitrogens is 2. The first-order valence-electron chi connectivity index (χ1n) is 7.17. The van der Waals surface area contributed by atoms with E-state index in [2.05, 4.69) is 25.0 Å². The minimum absolute atomic E-state index is 0.0335. The molecule has 2 aromatic rings. The van der Waals surface area contributed by atoms with Crippen molar-refractivity contribution in [3.8, 4) is 5.75 Å². The van der Waals surface area contributed by atoms with E-state index in [1.807, 2.05) is 35.1 Å². The highest BCUT2D eigenvalue weighted by Crippen LogP contribution is 2.16. The van der Waals surface area contributed by atoms with Gasteiger partial charge in [-0.15, -0.1) is 0 Å². The number of hydrogen-bond donors (Lipinski definition) is 1. The maximum Gasteiger partial charge on any atom is 0.119 e. The molecule has 2 rings (SSSR count). The van der Waals surface area contributed by atoms with Crippen molar-refractivity contribution in [1.29, 1.82) is 0 Å². The second-order valence-corrected chi connectivity index (χ2v) is 5.04. The van der Waals surface area contributed by atoms with Crippen molar-refractivity contribution in [2.24, 2.45) is 5.73 Å². The van der Waals surface area contributed by atoms with E-state index in [4.69, 9.17) is 10.5 Å². The third kappa shape index (κ3) is 3.84. The molecule has 108 valence electrons. The fourth-order valence-corrected chi connectivity index (χ4v) is 2.21. The van der Waals surface area contributed by atoms with Crippen LogP contribution in [0.15, 0.2) is 36.5 Å². The molecule has 0 fully saturated rings. The van der Waals surface area contributed by atoms with Gasteiger partial charge in [0, 0.05) is 25.2 Å². The van der Waals surface area contributed by atoms with Crippen LogP contribution in [0.2, 0.25) is 0 Å². The molecule has 0 aliphatic carbocycles. The van der Waals surface area contributed by atoms with Crippen LogP contribution in [-0.2, 0) is 6.54 Å². The van der Waals surface area contributed by atoms with E-state index >= 15 is 0 Å². The van der Waals surface area contributed by atoms with Gasteiger partial charge in [0.25, 0.3) is 0 Å². The van der Waals surface area contributed by atoms with Crippen molar-refractivity contribution in [1.82, 2.24) is 9.78 Å². The summed E-state index contributed by atoms with van der Waals surface area (Å²) in [5.41, 5.74) is 8.51. The topological polar surface area (TPSA) is 53.1 Å². The molecule has 0 saturated heterocycles. The molecular formula is C16H23N3O. The number of nitrogens with zero attached hydrogens (tertiary/aromatic N) is 2.